The molecule has 0 aliphatic heterocycles. The van der Waals surface area contributed by atoms with Crippen molar-refractivity contribution in [3.63, 3.8) is 0 Å². The van der Waals surface area contributed by atoms with Crippen LogP contribution >= 0.6 is 0 Å². The Bertz CT molecular complexity index is 379. The fourth-order valence-electron chi connectivity index (χ4n) is 0.957. The quantitative estimate of drug-likeness (QED) is 0.610. The Balaban J connectivity index is 3.20. The predicted molar refractivity (Wildman–Crippen MR) is 49.0 cm³/mol. The minimum Gasteiger partial charge on any atom is -0.398 e. The van der Waals surface area contributed by atoms with Gasteiger partial charge in [0.1, 0.15) is 0 Å². The molecular formula is C9H9N3O. The zero-order valence-electron chi connectivity index (χ0n) is 7.16. The molecule has 3 N–H and O–H groups in total. The highest BCUT2D eigenvalue weighted by Gasteiger charge is 2.07. The van der Waals surface area contributed by atoms with Gasteiger partial charge in [-0.25, -0.2) is 0 Å². The van der Waals surface area contributed by atoms with Crippen molar-refractivity contribution in [1.82, 2.24) is 5.32 Å². The number of nitrogens with two attached hydrogens (primary N) is 1. The first-order valence-corrected chi connectivity index (χ1v) is 3.70. The van der Waals surface area contributed by atoms with E-state index in [1.165, 1.54) is 13.1 Å². The number of hydrogen-bond acceptors (Lipinski definition) is 3. The van der Waals surface area contributed by atoms with E-state index in [9.17, 15) is 4.79 Å². The van der Waals surface area contributed by atoms with Crippen LogP contribution in [-0.2, 0) is 0 Å². The van der Waals surface area contributed by atoms with E-state index in [1.807, 2.05) is 6.07 Å². The molecule has 4 nitrogen and oxygen atoms in total. The van der Waals surface area contributed by atoms with E-state index < -0.39 is 0 Å². The van der Waals surface area contributed by atoms with Gasteiger partial charge in [-0.1, -0.05) is 0 Å². The van der Waals surface area contributed by atoms with Crippen molar-refractivity contribution in [1.29, 1.82) is 5.26 Å². The lowest BCUT2D eigenvalue weighted by molar-refractivity contribution is 0.0964. The number of carbonyl (C=O) groups is 1. The van der Waals surface area contributed by atoms with Crippen LogP contribution in [0.25, 0.3) is 0 Å². The third-order valence-corrected chi connectivity index (χ3v) is 1.65. The van der Waals surface area contributed by atoms with Gasteiger partial charge >= 0.3 is 0 Å². The predicted octanol–water partition coefficient (Wildman–Crippen LogP) is 0.500. The van der Waals surface area contributed by atoms with Crippen LogP contribution in [0.3, 0.4) is 0 Å². The van der Waals surface area contributed by atoms with Crippen LogP contribution in [0.15, 0.2) is 18.2 Å². The van der Waals surface area contributed by atoms with Gasteiger partial charge in [0.05, 0.1) is 17.2 Å². The van der Waals surface area contributed by atoms with Crippen molar-refractivity contribution in [2.75, 3.05) is 12.8 Å². The lowest BCUT2D eigenvalue weighted by Gasteiger charge is -2.03. The van der Waals surface area contributed by atoms with Gasteiger partial charge in [-0.05, 0) is 18.2 Å². The molecule has 0 fully saturated rings. The Hall–Kier alpha value is -2.02. The number of nitrogens with one attached hydrogen (secondary N) is 1. The summed E-state index contributed by atoms with van der Waals surface area (Å²) in [5.74, 6) is -0.283. The van der Waals surface area contributed by atoms with E-state index in [-0.39, 0.29) is 5.91 Å². The molecule has 0 saturated heterocycles. The zero-order valence-corrected chi connectivity index (χ0v) is 7.16. The van der Waals surface area contributed by atoms with E-state index in [0.29, 0.717) is 16.8 Å². The van der Waals surface area contributed by atoms with E-state index in [4.69, 9.17) is 11.0 Å². The standard InChI is InChI=1S/C9H9N3O/c1-12-9(13)7-4-6(5-10)2-3-8(7)11/h2-4H,11H2,1H3,(H,12,13). The molecule has 0 heterocycles. The normalized spacial score (nSPS) is 8.92. The van der Waals surface area contributed by atoms with Crippen LogP contribution in [0.4, 0.5) is 5.69 Å². The number of rotatable bonds is 1. The lowest BCUT2D eigenvalue weighted by atomic mass is 10.1. The largest absolute Gasteiger partial charge is 0.398 e. The first-order chi connectivity index (χ1) is 6.19. The molecular weight excluding hydrogens is 166 g/mol. The average Bonchev–Trinajstić information content (AvgIpc) is 2.17. The second-order valence-electron chi connectivity index (χ2n) is 2.49. The minimum absolute atomic E-state index is 0.283. The van der Waals surface area contributed by atoms with Crippen molar-refractivity contribution >= 4 is 11.6 Å². The number of nitrogens with zero attached hydrogens (tertiary/aromatic N) is 1. The number of carbonyl (C=O) groups excluding carboxylic acids is 1. The van der Waals surface area contributed by atoms with E-state index in [2.05, 4.69) is 5.32 Å². The Kier molecular flexibility index (Phi) is 2.50. The van der Waals surface area contributed by atoms with Gasteiger partial charge in [0.25, 0.3) is 5.91 Å². The van der Waals surface area contributed by atoms with Crippen molar-refractivity contribution in [2.24, 2.45) is 0 Å². The molecule has 0 atom stereocenters. The number of benzene rings is 1. The number of hydrogen-bond donors (Lipinski definition) is 2. The van der Waals surface area contributed by atoms with Gasteiger partial charge in [-0.3, -0.25) is 4.79 Å². The first kappa shape index (κ1) is 9.07. The molecule has 4 heteroatoms. The molecule has 1 aromatic carbocycles. The highest BCUT2D eigenvalue weighted by molar-refractivity contribution is 5.99. The Morgan fingerprint density at radius 3 is 2.85 bits per heavy atom. The molecule has 0 saturated carbocycles. The molecule has 0 spiro atoms. The molecule has 13 heavy (non-hydrogen) atoms. The molecule has 1 amide bonds. The third-order valence-electron chi connectivity index (χ3n) is 1.65. The van der Waals surface area contributed by atoms with Crippen molar-refractivity contribution in [3.05, 3.63) is 29.3 Å². The maximum absolute atomic E-state index is 11.2. The van der Waals surface area contributed by atoms with Crippen LogP contribution in [0, 0.1) is 11.3 Å². The summed E-state index contributed by atoms with van der Waals surface area (Å²) in [5.41, 5.74) is 6.68. The molecule has 66 valence electrons. The van der Waals surface area contributed by atoms with Crippen molar-refractivity contribution < 1.29 is 4.79 Å². The summed E-state index contributed by atoms with van der Waals surface area (Å²) in [6.45, 7) is 0. The summed E-state index contributed by atoms with van der Waals surface area (Å²) in [5, 5.41) is 11.0. The summed E-state index contributed by atoms with van der Waals surface area (Å²) in [4.78, 5) is 11.2. The molecule has 0 aromatic heterocycles. The van der Waals surface area contributed by atoms with Gasteiger partial charge in [0.2, 0.25) is 0 Å². The summed E-state index contributed by atoms with van der Waals surface area (Å²) in [6.07, 6.45) is 0. The average molecular weight is 175 g/mol. The number of nitriles is 1. The SMILES string of the molecule is CNC(=O)c1cc(C#N)ccc1N. The topological polar surface area (TPSA) is 78.9 Å². The van der Waals surface area contributed by atoms with Gasteiger partial charge in [0.15, 0.2) is 0 Å². The van der Waals surface area contributed by atoms with Gasteiger partial charge in [-0.2, -0.15) is 5.26 Å². The third kappa shape index (κ3) is 1.76. The minimum atomic E-state index is -0.283. The van der Waals surface area contributed by atoms with E-state index in [0.717, 1.165) is 0 Å². The monoisotopic (exact) mass is 175 g/mol. The van der Waals surface area contributed by atoms with Crippen LogP contribution in [0.2, 0.25) is 0 Å². The Morgan fingerprint density at radius 1 is 1.62 bits per heavy atom. The van der Waals surface area contributed by atoms with Crippen molar-refractivity contribution in [2.45, 2.75) is 0 Å². The van der Waals surface area contributed by atoms with E-state index in [1.54, 1.807) is 12.1 Å². The summed E-state index contributed by atoms with van der Waals surface area (Å²) in [6, 6.07) is 6.52. The smallest absolute Gasteiger partial charge is 0.253 e. The molecule has 0 radical (unpaired) electrons. The fourth-order valence-corrected chi connectivity index (χ4v) is 0.957. The molecule has 1 rings (SSSR count). The number of amides is 1. The number of anilines is 1. The van der Waals surface area contributed by atoms with Crippen LogP contribution in [-0.4, -0.2) is 13.0 Å². The second-order valence-corrected chi connectivity index (χ2v) is 2.49. The Morgan fingerprint density at radius 2 is 2.31 bits per heavy atom. The zero-order chi connectivity index (χ0) is 9.84. The maximum Gasteiger partial charge on any atom is 0.253 e. The summed E-state index contributed by atoms with van der Waals surface area (Å²) < 4.78 is 0. The first-order valence-electron chi connectivity index (χ1n) is 3.70. The lowest BCUT2D eigenvalue weighted by Crippen LogP contribution is -2.19. The molecule has 0 aliphatic rings. The second kappa shape index (κ2) is 3.59. The van der Waals surface area contributed by atoms with E-state index >= 15 is 0 Å². The molecule has 0 aliphatic carbocycles. The van der Waals surface area contributed by atoms with Gasteiger partial charge in [-0.15, -0.1) is 0 Å². The van der Waals surface area contributed by atoms with Crippen LogP contribution in [0.5, 0.6) is 0 Å². The maximum atomic E-state index is 11.2. The molecule has 0 bridgehead atoms. The summed E-state index contributed by atoms with van der Waals surface area (Å²) in [7, 11) is 1.51. The number of nitrogen functional groups attached to an aromatic ring is 1. The van der Waals surface area contributed by atoms with Gasteiger partial charge in [0, 0.05) is 12.7 Å². The van der Waals surface area contributed by atoms with Crippen LogP contribution < -0.4 is 11.1 Å². The van der Waals surface area contributed by atoms with Crippen molar-refractivity contribution in [3.8, 4) is 6.07 Å². The summed E-state index contributed by atoms with van der Waals surface area (Å²) >= 11 is 0. The Labute approximate surface area is 76.0 Å². The molecule has 1 aromatic rings. The highest BCUT2D eigenvalue weighted by Crippen LogP contribution is 2.13. The van der Waals surface area contributed by atoms with Crippen LogP contribution in [0.1, 0.15) is 15.9 Å². The van der Waals surface area contributed by atoms with Gasteiger partial charge < -0.3 is 11.1 Å². The highest BCUT2D eigenvalue weighted by atomic mass is 16.1. The fraction of sp³-hybridized carbons (Fsp3) is 0.111. The molecule has 0 unspecified atom stereocenters.